The van der Waals surface area contributed by atoms with Crippen LogP contribution >= 0.6 is 11.3 Å². The smallest absolute Gasteiger partial charge is 0.307 e. The number of aliphatic carboxylic acids is 1. The minimum atomic E-state index is -3.56. The molecule has 0 saturated heterocycles. The van der Waals surface area contributed by atoms with Crippen LogP contribution in [0.15, 0.2) is 16.3 Å². The first-order valence-electron chi connectivity index (χ1n) is 4.62. The molecular weight excluding hydrogens is 250 g/mol. The van der Waals surface area contributed by atoms with E-state index in [1.165, 1.54) is 13.0 Å². The van der Waals surface area contributed by atoms with Crippen molar-refractivity contribution in [1.29, 1.82) is 0 Å². The van der Waals surface area contributed by atoms with Gasteiger partial charge in [0, 0.05) is 11.4 Å². The van der Waals surface area contributed by atoms with Crippen molar-refractivity contribution in [3.8, 4) is 0 Å². The van der Waals surface area contributed by atoms with Crippen molar-refractivity contribution in [2.24, 2.45) is 5.92 Å². The van der Waals surface area contributed by atoms with Gasteiger partial charge in [-0.3, -0.25) is 4.79 Å². The van der Waals surface area contributed by atoms with Crippen molar-refractivity contribution in [1.82, 2.24) is 4.72 Å². The normalized spacial score (nSPS) is 13.6. The number of nitrogens with one attached hydrogen (secondary N) is 1. The first-order chi connectivity index (χ1) is 7.33. The number of carboxylic acid groups (broad SMARTS) is 1. The summed E-state index contributed by atoms with van der Waals surface area (Å²) in [7, 11) is -3.56. The van der Waals surface area contributed by atoms with Gasteiger partial charge >= 0.3 is 5.97 Å². The van der Waals surface area contributed by atoms with E-state index >= 15 is 0 Å². The molecule has 0 spiro atoms. The summed E-state index contributed by atoms with van der Waals surface area (Å²) < 4.78 is 25.8. The lowest BCUT2D eigenvalue weighted by Crippen LogP contribution is -2.31. The molecular formula is C9H13NO4S2. The summed E-state index contributed by atoms with van der Waals surface area (Å²) >= 11 is 1.16. The lowest BCUT2D eigenvalue weighted by Gasteiger charge is -2.07. The molecule has 1 rings (SSSR count). The highest BCUT2D eigenvalue weighted by Gasteiger charge is 2.19. The Kier molecular flexibility index (Phi) is 4.06. The number of hydrogen-bond acceptors (Lipinski definition) is 4. The fourth-order valence-electron chi connectivity index (χ4n) is 0.950. The van der Waals surface area contributed by atoms with Gasteiger partial charge in [0.25, 0.3) is 0 Å². The highest BCUT2D eigenvalue weighted by atomic mass is 32.2. The van der Waals surface area contributed by atoms with E-state index in [0.29, 0.717) is 0 Å². The molecule has 1 aromatic heterocycles. The van der Waals surface area contributed by atoms with Crippen LogP contribution in [0, 0.1) is 12.8 Å². The first-order valence-corrected chi connectivity index (χ1v) is 6.92. The van der Waals surface area contributed by atoms with Gasteiger partial charge in [-0.25, -0.2) is 13.1 Å². The fourth-order valence-corrected chi connectivity index (χ4v) is 3.41. The second kappa shape index (κ2) is 4.94. The molecule has 0 bridgehead atoms. The second-order valence-electron chi connectivity index (χ2n) is 3.46. The Labute approximate surface area is 98.2 Å². The van der Waals surface area contributed by atoms with E-state index in [9.17, 15) is 13.2 Å². The maximum atomic E-state index is 11.7. The van der Waals surface area contributed by atoms with Crippen LogP contribution in [0.2, 0.25) is 0 Å². The molecule has 1 atom stereocenters. The van der Waals surface area contributed by atoms with E-state index in [0.717, 1.165) is 16.2 Å². The maximum absolute atomic E-state index is 11.7. The van der Waals surface area contributed by atoms with Gasteiger partial charge in [-0.05, 0) is 19.1 Å². The van der Waals surface area contributed by atoms with Gasteiger partial charge in [0.15, 0.2) is 0 Å². The molecule has 0 aliphatic heterocycles. The lowest BCUT2D eigenvalue weighted by molar-refractivity contribution is -0.140. The van der Waals surface area contributed by atoms with E-state index in [2.05, 4.69) is 4.72 Å². The van der Waals surface area contributed by atoms with Crippen molar-refractivity contribution >= 4 is 27.3 Å². The predicted molar refractivity (Wildman–Crippen MR) is 61.0 cm³/mol. The summed E-state index contributed by atoms with van der Waals surface area (Å²) in [5.41, 5.74) is 0. The zero-order valence-electron chi connectivity index (χ0n) is 8.93. The highest BCUT2D eigenvalue weighted by Crippen LogP contribution is 2.20. The van der Waals surface area contributed by atoms with Crippen LogP contribution in [0.4, 0.5) is 0 Å². The monoisotopic (exact) mass is 263 g/mol. The van der Waals surface area contributed by atoms with E-state index in [4.69, 9.17) is 5.11 Å². The topological polar surface area (TPSA) is 83.5 Å². The van der Waals surface area contributed by atoms with Crippen LogP contribution < -0.4 is 4.72 Å². The zero-order valence-corrected chi connectivity index (χ0v) is 10.6. The SMILES string of the molecule is Cc1ccc(S(=O)(=O)NCC(C)C(=O)O)s1. The highest BCUT2D eigenvalue weighted by molar-refractivity contribution is 7.91. The minimum absolute atomic E-state index is 0.103. The van der Waals surface area contributed by atoms with Crippen molar-refractivity contribution in [3.63, 3.8) is 0 Å². The Balaban J connectivity index is 2.70. The largest absolute Gasteiger partial charge is 0.481 e. The average Bonchev–Trinajstić information content (AvgIpc) is 2.61. The van der Waals surface area contributed by atoms with Gasteiger partial charge in [0.05, 0.1) is 5.92 Å². The van der Waals surface area contributed by atoms with Gasteiger partial charge < -0.3 is 5.11 Å². The Bertz CT molecular complexity index is 477. The molecule has 16 heavy (non-hydrogen) atoms. The van der Waals surface area contributed by atoms with Crippen molar-refractivity contribution in [3.05, 3.63) is 17.0 Å². The fraction of sp³-hybridized carbons (Fsp3) is 0.444. The van der Waals surface area contributed by atoms with Crippen molar-refractivity contribution < 1.29 is 18.3 Å². The van der Waals surface area contributed by atoms with E-state index in [1.807, 2.05) is 6.92 Å². The average molecular weight is 263 g/mol. The Morgan fingerprint density at radius 2 is 2.19 bits per heavy atom. The van der Waals surface area contributed by atoms with Crippen LogP contribution in [-0.4, -0.2) is 26.0 Å². The van der Waals surface area contributed by atoms with Gasteiger partial charge in [-0.1, -0.05) is 6.92 Å². The molecule has 0 aliphatic rings. The molecule has 1 aromatic rings. The molecule has 7 heteroatoms. The number of thiophene rings is 1. The molecule has 5 nitrogen and oxygen atoms in total. The first kappa shape index (κ1) is 13.1. The minimum Gasteiger partial charge on any atom is -0.481 e. The number of carbonyl (C=O) groups is 1. The summed E-state index contributed by atoms with van der Waals surface area (Å²) in [5, 5.41) is 8.62. The van der Waals surface area contributed by atoms with Gasteiger partial charge in [0.1, 0.15) is 4.21 Å². The number of aryl methyl sites for hydroxylation is 1. The number of rotatable bonds is 5. The lowest BCUT2D eigenvalue weighted by atomic mass is 10.2. The number of carboxylic acids is 1. The molecule has 2 N–H and O–H groups in total. The second-order valence-corrected chi connectivity index (χ2v) is 6.74. The van der Waals surface area contributed by atoms with Crippen LogP contribution in [0.1, 0.15) is 11.8 Å². The molecule has 0 aliphatic carbocycles. The number of sulfonamides is 1. The van der Waals surface area contributed by atoms with E-state index in [1.54, 1.807) is 6.07 Å². The summed E-state index contributed by atoms with van der Waals surface area (Å²) in [5.74, 6) is -1.76. The van der Waals surface area contributed by atoms with Crippen LogP contribution in [0.5, 0.6) is 0 Å². The molecule has 0 radical (unpaired) electrons. The predicted octanol–water partition coefficient (Wildman–Crippen LogP) is 1.06. The Morgan fingerprint density at radius 1 is 1.56 bits per heavy atom. The van der Waals surface area contributed by atoms with Crippen LogP contribution in [0.3, 0.4) is 0 Å². The van der Waals surface area contributed by atoms with Crippen LogP contribution in [-0.2, 0) is 14.8 Å². The van der Waals surface area contributed by atoms with E-state index in [-0.39, 0.29) is 10.8 Å². The molecule has 1 heterocycles. The molecule has 0 saturated carbocycles. The summed E-state index contributed by atoms with van der Waals surface area (Å²) in [6.07, 6.45) is 0. The van der Waals surface area contributed by atoms with Crippen molar-refractivity contribution in [2.45, 2.75) is 18.1 Å². The Hall–Kier alpha value is -0.920. The quantitative estimate of drug-likeness (QED) is 0.832. The molecule has 0 aromatic carbocycles. The van der Waals surface area contributed by atoms with Crippen LogP contribution in [0.25, 0.3) is 0 Å². The summed E-state index contributed by atoms with van der Waals surface area (Å²) in [6.45, 7) is 3.16. The molecule has 0 fully saturated rings. The molecule has 90 valence electrons. The number of hydrogen-bond donors (Lipinski definition) is 2. The van der Waals surface area contributed by atoms with E-state index < -0.39 is 21.9 Å². The third-order valence-corrected chi connectivity index (χ3v) is 4.90. The van der Waals surface area contributed by atoms with Gasteiger partial charge in [-0.15, -0.1) is 11.3 Å². The van der Waals surface area contributed by atoms with Gasteiger partial charge in [0.2, 0.25) is 10.0 Å². The third kappa shape index (κ3) is 3.29. The maximum Gasteiger partial charge on any atom is 0.307 e. The third-order valence-electron chi connectivity index (χ3n) is 1.98. The zero-order chi connectivity index (χ0) is 12.3. The summed E-state index contributed by atoms with van der Waals surface area (Å²) in [4.78, 5) is 11.4. The molecule has 1 unspecified atom stereocenters. The summed E-state index contributed by atoms with van der Waals surface area (Å²) in [6, 6.07) is 3.22. The van der Waals surface area contributed by atoms with Gasteiger partial charge in [-0.2, -0.15) is 0 Å². The Morgan fingerprint density at radius 3 is 2.62 bits per heavy atom. The molecule has 0 amide bonds. The standard InChI is InChI=1S/C9H13NO4S2/c1-6(9(11)12)5-10-16(13,14)8-4-3-7(2)15-8/h3-4,6,10H,5H2,1-2H3,(H,11,12). The van der Waals surface area contributed by atoms with Crippen molar-refractivity contribution in [2.75, 3.05) is 6.54 Å².